The fourth-order valence-corrected chi connectivity index (χ4v) is 3.69. The molecular formula is C20H17BrN4O. The van der Waals surface area contributed by atoms with E-state index in [0.29, 0.717) is 5.69 Å². The monoisotopic (exact) mass is 408 g/mol. The number of aryl methyl sites for hydroxylation is 1. The molecule has 0 saturated carbocycles. The summed E-state index contributed by atoms with van der Waals surface area (Å²) < 4.78 is 2.68. The van der Waals surface area contributed by atoms with Gasteiger partial charge in [-0.05, 0) is 27.6 Å². The van der Waals surface area contributed by atoms with Crippen LogP contribution in [0.5, 0.6) is 0 Å². The van der Waals surface area contributed by atoms with Crippen LogP contribution in [-0.4, -0.2) is 20.4 Å². The number of rotatable bonds is 4. The number of carbonyl (C=O) groups excluding carboxylic acids is 1. The van der Waals surface area contributed by atoms with E-state index >= 15 is 0 Å². The zero-order chi connectivity index (χ0) is 18.1. The van der Waals surface area contributed by atoms with Gasteiger partial charge in [0.2, 0.25) is 0 Å². The molecular weight excluding hydrogens is 392 g/mol. The Bertz CT molecular complexity index is 1070. The summed E-state index contributed by atoms with van der Waals surface area (Å²) in [5.74, 6) is 0.585. The molecule has 2 aromatic heterocycles. The molecule has 0 radical (unpaired) electrons. The zero-order valence-electron chi connectivity index (χ0n) is 14.1. The van der Waals surface area contributed by atoms with Gasteiger partial charge in [-0.3, -0.25) is 4.79 Å². The van der Waals surface area contributed by atoms with Crippen molar-refractivity contribution in [2.45, 2.75) is 6.04 Å². The lowest BCUT2D eigenvalue weighted by Gasteiger charge is -2.19. The third-order valence-corrected chi connectivity index (χ3v) is 5.22. The third-order valence-electron chi connectivity index (χ3n) is 4.39. The van der Waals surface area contributed by atoms with Gasteiger partial charge in [-0.2, -0.15) is 0 Å². The van der Waals surface area contributed by atoms with E-state index in [-0.39, 0.29) is 11.9 Å². The lowest BCUT2D eigenvalue weighted by atomic mass is 10.1. The first-order chi connectivity index (χ1) is 12.6. The highest BCUT2D eigenvalue weighted by Crippen LogP contribution is 2.28. The molecule has 0 spiro atoms. The largest absolute Gasteiger partial charge is 0.350 e. The van der Waals surface area contributed by atoms with Crippen LogP contribution in [0.25, 0.3) is 10.9 Å². The second-order valence-electron chi connectivity index (χ2n) is 6.07. The van der Waals surface area contributed by atoms with Crippen LogP contribution >= 0.6 is 15.9 Å². The lowest BCUT2D eigenvalue weighted by Crippen LogP contribution is -2.31. The molecule has 2 heterocycles. The molecule has 2 aromatic carbocycles. The predicted molar refractivity (Wildman–Crippen MR) is 105 cm³/mol. The molecule has 5 nitrogen and oxygen atoms in total. The molecule has 130 valence electrons. The molecule has 1 atom stereocenters. The predicted octanol–water partition coefficient (Wildman–Crippen LogP) is 4.18. The normalized spacial score (nSPS) is 12.2. The average molecular weight is 409 g/mol. The van der Waals surface area contributed by atoms with Crippen molar-refractivity contribution in [3.63, 3.8) is 0 Å². The molecule has 26 heavy (non-hydrogen) atoms. The Kier molecular flexibility index (Phi) is 4.34. The Labute approximate surface area is 159 Å². The summed E-state index contributed by atoms with van der Waals surface area (Å²) in [5.41, 5.74) is 2.39. The van der Waals surface area contributed by atoms with Crippen molar-refractivity contribution in [2.24, 2.45) is 7.05 Å². The van der Waals surface area contributed by atoms with Crippen LogP contribution in [0.1, 0.15) is 27.9 Å². The van der Waals surface area contributed by atoms with Crippen LogP contribution in [0.3, 0.4) is 0 Å². The Balaban J connectivity index is 1.72. The fraction of sp³-hybridized carbons (Fsp3) is 0.100. The second kappa shape index (κ2) is 6.80. The fourth-order valence-electron chi connectivity index (χ4n) is 3.07. The smallest absolute Gasteiger partial charge is 0.269 e. The van der Waals surface area contributed by atoms with Gasteiger partial charge >= 0.3 is 0 Å². The first kappa shape index (κ1) is 16.6. The van der Waals surface area contributed by atoms with Gasteiger partial charge in [-0.1, -0.05) is 48.5 Å². The number of para-hydroxylation sites is 1. The maximum Gasteiger partial charge on any atom is 0.269 e. The van der Waals surface area contributed by atoms with E-state index in [1.54, 1.807) is 6.20 Å². The first-order valence-electron chi connectivity index (χ1n) is 8.24. The number of fused-ring (bicyclic) bond motifs is 1. The van der Waals surface area contributed by atoms with E-state index in [9.17, 15) is 4.79 Å². The number of halogens is 1. The van der Waals surface area contributed by atoms with Crippen LogP contribution in [-0.2, 0) is 7.05 Å². The lowest BCUT2D eigenvalue weighted by molar-refractivity contribution is 0.0936. The van der Waals surface area contributed by atoms with Gasteiger partial charge in [-0.15, -0.1) is 0 Å². The van der Waals surface area contributed by atoms with Crippen molar-refractivity contribution >= 4 is 32.7 Å². The Hall–Kier alpha value is -2.86. The summed E-state index contributed by atoms with van der Waals surface area (Å²) in [6.45, 7) is 0. The highest BCUT2D eigenvalue weighted by molar-refractivity contribution is 9.10. The van der Waals surface area contributed by atoms with Crippen molar-refractivity contribution in [1.82, 2.24) is 19.9 Å². The number of hydrogen-bond acceptors (Lipinski definition) is 2. The molecule has 0 bridgehead atoms. The minimum atomic E-state index is -0.345. The Morgan fingerprint density at radius 3 is 2.58 bits per heavy atom. The molecule has 1 unspecified atom stereocenters. The van der Waals surface area contributed by atoms with E-state index in [0.717, 1.165) is 26.8 Å². The molecule has 0 fully saturated rings. The van der Waals surface area contributed by atoms with Gasteiger partial charge in [0.1, 0.15) is 17.6 Å². The number of carbonyl (C=O) groups is 1. The zero-order valence-corrected chi connectivity index (χ0v) is 15.7. The summed E-state index contributed by atoms with van der Waals surface area (Å²) in [4.78, 5) is 20.6. The maximum absolute atomic E-state index is 13.0. The van der Waals surface area contributed by atoms with Crippen molar-refractivity contribution in [1.29, 1.82) is 0 Å². The molecule has 6 heteroatoms. The molecule has 0 aliphatic rings. The number of aromatic nitrogens is 3. The summed E-state index contributed by atoms with van der Waals surface area (Å²) >= 11 is 3.55. The van der Waals surface area contributed by atoms with Crippen LogP contribution in [0.15, 0.2) is 71.5 Å². The van der Waals surface area contributed by atoms with Crippen molar-refractivity contribution < 1.29 is 4.79 Å². The van der Waals surface area contributed by atoms with E-state index in [1.165, 1.54) is 0 Å². The van der Waals surface area contributed by atoms with Gasteiger partial charge in [0, 0.05) is 30.3 Å². The molecule has 0 aliphatic heterocycles. The van der Waals surface area contributed by atoms with Gasteiger partial charge in [0.05, 0.1) is 4.47 Å². The Morgan fingerprint density at radius 2 is 1.88 bits per heavy atom. The van der Waals surface area contributed by atoms with E-state index in [2.05, 4.69) is 31.2 Å². The van der Waals surface area contributed by atoms with Gasteiger partial charge in [-0.25, -0.2) is 4.98 Å². The number of imidazole rings is 1. The number of hydrogen-bond donors (Lipinski definition) is 2. The summed E-state index contributed by atoms with van der Waals surface area (Å²) in [6.07, 6.45) is 3.60. The number of nitrogens with zero attached hydrogens (tertiary/aromatic N) is 2. The van der Waals surface area contributed by atoms with Crippen LogP contribution in [0.4, 0.5) is 0 Å². The summed E-state index contributed by atoms with van der Waals surface area (Å²) in [6, 6.07) is 17.3. The van der Waals surface area contributed by atoms with Crippen LogP contribution in [0, 0.1) is 0 Å². The van der Waals surface area contributed by atoms with E-state index < -0.39 is 0 Å². The molecule has 4 rings (SSSR count). The topological polar surface area (TPSA) is 62.7 Å². The summed E-state index contributed by atoms with van der Waals surface area (Å²) in [7, 11) is 1.92. The highest BCUT2D eigenvalue weighted by Gasteiger charge is 2.23. The number of amides is 1. The number of benzene rings is 2. The van der Waals surface area contributed by atoms with Gasteiger partial charge < -0.3 is 14.9 Å². The Morgan fingerprint density at radius 1 is 1.15 bits per heavy atom. The van der Waals surface area contributed by atoms with Crippen molar-refractivity contribution in [2.75, 3.05) is 0 Å². The molecule has 1 amide bonds. The molecule has 0 aliphatic carbocycles. The molecule has 0 saturated heterocycles. The first-order valence-corrected chi connectivity index (χ1v) is 9.03. The summed E-state index contributed by atoms with van der Waals surface area (Å²) in [5, 5.41) is 4.09. The standard InChI is InChI=1S/C20H17BrN4O/c1-25-12-11-22-19(25)17(13-7-3-2-4-8-13)24-20(26)18-16(21)14-9-5-6-10-15(14)23-18/h2-12,17,23H,1H3,(H,24,26). The molecule has 2 N–H and O–H groups in total. The number of H-pyrrole nitrogens is 1. The highest BCUT2D eigenvalue weighted by atomic mass is 79.9. The average Bonchev–Trinajstić information content (AvgIpc) is 3.24. The van der Waals surface area contributed by atoms with Gasteiger partial charge in [0.15, 0.2) is 0 Å². The van der Waals surface area contributed by atoms with Crippen LogP contribution < -0.4 is 5.32 Å². The second-order valence-corrected chi connectivity index (χ2v) is 6.87. The van der Waals surface area contributed by atoms with Gasteiger partial charge in [0.25, 0.3) is 5.91 Å². The minimum Gasteiger partial charge on any atom is -0.350 e. The van der Waals surface area contributed by atoms with Crippen molar-refractivity contribution in [3.8, 4) is 0 Å². The SMILES string of the molecule is Cn1ccnc1C(NC(=O)c1[nH]c2ccccc2c1Br)c1ccccc1. The maximum atomic E-state index is 13.0. The van der Waals surface area contributed by atoms with E-state index in [4.69, 9.17) is 0 Å². The minimum absolute atomic E-state index is 0.190. The van der Waals surface area contributed by atoms with E-state index in [1.807, 2.05) is 72.4 Å². The number of nitrogens with one attached hydrogen (secondary N) is 2. The van der Waals surface area contributed by atoms with Crippen LogP contribution in [0.2, 0.25) is 0 Å². The molecule has 4 aromatic rings. The third kappa shape index (κ3) is 2.93. The number of aromatic amines is 1. The van der Waals surface area contributed by atoms with Crippen molar-refractivity contribution in [3.05, 3.63) is 88.5 Å². The quantitative estimate of drug-likeness (QED) is 0.531.